The van der Waals surface area contributed by atoms with Crippen molar-refractivity contribution in [1.82, 2.24) is 5.32 Å². The van der Waals surface area contributed by atoms with Crippen LogP contribution in [0.3, 0.4) is 0 Å². The van der Waals surface area contributed by atoms with Crippen LogP contribution in [0.25, 0.3) is 0 Å². The second-order valence-corrected chi connectivity index (χ2v) is 6.67. The molecule has 1 amide bonds. The minimum Gasteiger partial charge on any atom is -0.492 e. The van der Waals surface area contributed by atoms with Crippen LogP contribution < -0.4 is 10.1 Å². The Morgan fingerprint density at radius 3 is 2.57 bits per heavy atom. The van der Waals surface area contributed by atoms with Crippen LogP contribution in [-0.2, 0) is 4.79 Å². The molecule has 5 heteroatoms. The molecular weight excluding hydrogens is 330 g/mol. The first kappa shape index (κ1) is 17.7. The number of ether oxygens (including phenoxy) is 1. The average molecular weight is 350 g/mol. The van der Waals surface area contributed by atoms with E-state index in [9.17, 15) is 4.79 Å². The fraction of sp³-hybridized carbons (Fsp3) is 0.278. The van der Waals surface area contributed by atoms with E-state index in [4.69, 9.17) is 16.3 Å². The fourth-order valence-electron chi connectivity index (χ4n) is 1.89. The maximum absolute atomic E-state index is 11.8. The lowest BCUT2D eigenvalue weighted by Gasteiger charge is -2.09. The molecule has 2 aromatic rings. The highest BCUT2D eigenvalue weighted by atomic mass is 35.5. The molecule has 0 aliphatic carbocycles. The normalized spacial score (nSPS) is 10.4. The molecule has 0 aromatic heterocycles. The number of thioether (sulfide) groups is 1. The molecule has 2 aromatic carbocycles. The topological polar surface area (TPSA) is 38.3 Å². The number of hydrogen-bond acceptors (Lipinski definition) is 3. The summed E-state index contributed by atoms with van der Waals surface area (Å²) in [5, 5.41) is 3.55. The largest absolute Gasteiger partial charge is 0.492 e. The Labute approximate surface area is 146 Å². The number of benzene rings is 2. The van der Waals surface area contributed by atoms with Crippen LogP contribution in [0.2, 0.25) is 5.02 Å². The molecule has 2 rings (SSSR count). The number of amides is 1. The smallest absolute Gasteiger partial charge is 0.230 e. The van der Waals surface area contributed by atoms with E-state index < -0.39 is 0 Å². The Balaban J connectivity index is 1.64. The Morgan fingerprint density at radius 1 is 1.13 bits per heavy atom. The van der Waals surface area contributed by atoms with Gasteiger partial charge in [-0.25, -0.2) is 0 Å². The third kappa shape index (κ3) is 6.16. The molecular formula is C18H20ClNO2S. The molecule has 0 heterocycles. The summed E-state index contributed by atoms with van der Waals surface area (Å²) in [6.45, 7) is 5.07. The first-order chi connectivity index (χ1) is 11.0. The summed E-state index contributed by atoms with van der Waals surface area (Å²) in [6.07, 6.45) is 0. The van der Waals surface area contributed by atoms with E-state index in [1.807, 2.05) is 42.5 Å². The zero-order valence-electron chi connectivity index (χ0n) is 13.3. The van der Waals surface area contributed by atoms with Gasteiger partial charge in [-0.05, 0) is 61.4 Å². The van der Waals surface area contributed by atoms with Gasteiger partial charge < -0.3 is 10.1 Å². The van der Waals surface area contributed by atoms with Crippen molar-refractivity contribution in [3.8, 4) is 5.75 Å². The summed E-state index contributed by atoms with van der Waals surface area (Å²) in [4.78, 5) is 12.8. The summed E-state index contributed by atoms with van der Waals surface area (Å²) in [7, 11) is 0. The van der Waals surface area contributed by atoms with E-state index >= 15 is 0 Å². The fourth-order valence-corrected chi connectivity index (χ4v) is 2.75. The summed E-state index contributed by atoms with van der Waals surface area (Å²) < 4.78 is 5.63. The van der Waals surface area contributed by atoms with E-state index in [1.165, 1.54) is 22.9 Å². The second kappa shape index (κ2) is 8.85. The van der Waals surface area contributed by atoms with Gasteiger partial charge in [0.2, 0.25) is 5.91 Å². The monoisotopic (exact) mass is 349 g/mol. The van der Waals surface area contributed by atoms with Gasteiger partial charge in [-0.1, -0.05) is 17.7 Å². The lowest BCUT2D eigenvalue weighted by atomic mass is 10.1. The van der Waals surface area contributed by atoms with Crippen molar-refractivity contribution in [2.45, 2.75) is 18.7 Å². The molecule has 23 heavy (non-hydrogen) atoms. The van der Waals surface area contributed by atoms with Crippen molar-refractivity contribution in [3.05, 3.63) is 58.6 Å². The van der Waals surface area contributed by atoms with Crippen LogP contribution in [-0.4, -0.2) is 24.8 Å². The van der Waals surface area contributed by atoms with E-state index in [0.29, 0.717) is 23.9 Å². The lowest BCUT2D eigenvalue weighted by molar-refractivity contribution is -0.118. The van der Waals surface area contributed by atoms with Gasteiger partial charge in [0.1, 0.15) is 12.4 Å². The highest BCUT2D eigenvalue weighted by Gasteiger charge is 2.03. The van der Waals surface area contributed by atoms with Crippen LogP contribution in [0.15, 0.2) is 47.4 Å². The van der Waals surface area contributed by atoms with Gasteiger partial charge in [0, 0.05) is 9.92 Å². The van der Waals surface area contributed by atoms with Crippen molar-refractivity contribution in [2.24, 2.45) is 0 Å². The SMILES string of the molecule is Cc1ccc(OCCNC(=O)CSc2ccc(Cl)cc2)cc1C. The minimum absolute atomic E-state index is 0.00589. The Bertz CT molecular complexity index is 659. The molecule has 0 aliphatic heterocycles. The van der Waals surface area contributed by atoms with Crippen molar-refractivity contribution in [1.29, 1.82) is 0 Å². The predicted molar refractivity (Wildman–Crippen MR) is 96.6 cm³/mol. The third-order valence-electron chi connectivity index (χ3n) is 3.35. The number of nitrogens with one attached hydrogen (secondary N) is 1. The second-order valence-electron chi connectivity index (χ2n) is 5.19. The first-order valence-corrected chi connectivity index (χ1v) is 8.76. The van der Waals surface area contributed by atoms with Crippen LogP contribution in [0.5, 0.6) is 5.75 Å². The van der Waals surface area contributed by atoms with Crippen LogP contribution in [0, 0.1) is 13.8 Å². The van der Waals surface area contributed by atoms with Crippen molar-refractivity contribution in [2.75, 3.05) is 18.9 Å². The van der Waals surface area contributed by atoms with Gasteiger partial charge in [0.15, 0.2) is 0 Å². The Morgan fingerprint density at radius 2 is 1.87 bits per heavy atom. The molecule has 3 nitrogen and oxygen atoms in total. The number of halogens is 1. The number of carbonyl (C=O) groups is 1. The van der Waals surface area contributed by atoms with Crippen LogP contribution >= 0.6 is 23.4 Å². The average Bonchev–Trinajstić information content (AvgIpc) is 2.54. The van der Waals surface area contributed by atoms with Gasteiger partial charge >= 0.3 is 0 Å². The molecule has 0 spiro atoms. The molecule has 0 fully saturated rings. The molecule has 0 saturated carbocycles. The minimum atomic E-state index is -0.00589. The summed E-state index contributed by atoms with van der Waals surface area (Å²) in [5.74, 6) is 1.21. The first-order valence-electron chi connectivity index (χ1n) is 7.40. The maximum Gasteiger partial charge on any atom is 0.230 e. The van der Waals surface area contributed by atoms with Crippen LogP contribution in [0.1, 0.15) is 11.1 Å². The van der Waals surface area contributed by atoms with E-state index in [2.05, 4.69) is 19.2 Å². The molecule has 0 aliphatic rings. The quantitative estimate of drug-likeness (QED) is 0.600. The maximum atomic E-state index is 11.8. The third-order valence-corrected chi connectivity index (χ3v) is 4.62. The van der Waals surface area contributed by atoms with E-state index in [-0.39, 0.29) is 5.91 Å². The summed E-state index contributed by atoms with van der Waals surface area (Å²) >= 11 is 7.31. The van der Waals surface area contributed by atoms with E-state index in [1.54, 1.807) is 0 Å². The molecule has 0 radical (unpaired) electrons. The van der Waals surface area contributed by atoms with Crippen molar-refractivity contribution >= 4 is 29.3 Å². The van der Waals surface area contributed by atoms with Crippen molar-refractivity contribution < 1.29 is 9.53 Å². The lowest BCUT2D eigenvalue weighted by Crippen LogP contribution is -2.29. The van der Waals surface area contributed by atoms with Crippen molar-refractivity contribution in [3.63, 3.8) is 0 Å². The summed E-state index contributed by atoms with van der Waals surface area (Å²) in [6, 6.07) is 13.4. The number of hydrogen-bond donors (Lipinski definition) is 1. The zero-order chi connectivity index (χ0) is 16.7. The van der Waals surface area contributed by atoms with Gasteiger partial charge in [-0.2, -0.15) is 0 Å². The molecule has 122 valence electrons. The Kier molecular flexibility index (Phi) is 6.81. The Hall–Kier alpha value is -1.65. The van der Waals surface area contributed by atoms with Gasteiger partial charge in [0.25, 0.3) is 0 Å². The van der Waals surface area contributed by atoms with Crippen LogP contribution in [0.4, 0.5) is 0 Å². The number of rotatable bonds is 7. The number of aryl methyl sites for hydroxylation is 2. The molecule has 1 N–H and O–H groups in total. The standard InChI is InChI=1S/C18H20ClNO2S/c1-13-3-6-16(11-14(13)2)22-10-9-20-18(21)12-23-17-7-4-15(19)5-8-17/h3-8,11H,9-10,12H2,1-2H3,(H,20,21). The molecule has 0 atom stereocenters. The predicted octanol–water partition coefficient (Wildman–Crippen LogP) is 4.24. The van der Waals surface area contributed by atoms with Gasteiger partial charge in [0.05, 0.1) is 12.3 Å². The highest BCUT2D eigenvalue weighted by Crippen LogP contribution is 2.20. The molecule has 0 bridgehead atoms. The molecule has 0 unspecified atom stereocenters. The van der Waals surface area contributed by atoms with Gasteiger partial charge in [-0.3, -0.25) is 4.79 Å². The summed E-state index contributed by atoms with van der Waals surface area (Å²) in [5.41, 5.74) is 2.44. The number of carbonyl (C=O) groups excluding carboxylic acids is 1. The highest BCUT2D eigenvalue weighted by molar-refractivity contribution is 8.00. The zero-order valence-corrected chi connectivity index (χ0v) is 14.8. The van der Waals surface area contributed by atoms with Gasteiger partial charge in [-0.15, -0.1) is 11.8 Å². The van der Waals surface area contributed by atoms with E-state index in [0.717, 1.165) is 10.6 Å². The molecule has 0 saturated heterocycles.